The van der Waals surface area contributed by atoms with Gasteiger partial charge in [0.25, 0.3) is 0 Å². The molecule has 0 aliphatic heterocycles. The Morgan fingerprint density at radius 2 is 1.32 bits per heavy atom. The highest BCUT2D eigenvalue weighted by atomic mass is 28.5. The van der Waals surface area contributed by atoms with E-state index in [9.17, 15) is 5.11 Å². The summed E-state index contributed by atoms with van der Waals surface area (Å²) in [5, 5.41) is 18.1. The number of aliphatic hydroxyl groups excluding tert-OH is 2. The number of rotatable bonds is 13. The number of hydrogen-bond donors (Lipinski definition) is 2. The molecule has 0 heterocycles. The molecular formula is C15H40O6Si4. The largest absolute Gasteiger partial charge is 0.437 e. The van der Waals surface area contributed by atoms with E-state index in [1.807, 2.05) is 0 Å². The second-order valence-corrected chi connectivity index (χ2v) is 25.5. The zero-order valence-corrected chi connectivity index (χ0v) is 21.6. The molecule has 6 nitrogen and oxygen atoms in total. The summed E-state index contributed by atoms with van der Waals surface area (Å²) < 4.78 is 24.9. The van der Waals surface area contributed by atoms with Gasteiger partial charge in [-0.2, -0.15) is 0 Å². The summed E-state index contributed by atoms with van der Waals surface area (Å²) in [6.07, 6.45) is -0.00225. The van der Waals surface area contributed by atoms with Crippen LogP contribution in [0.25, 0.3) is 0 Å². The Labute approximate surface area is 158 Å². The molecule has 0 amide bonds. The van der Waals surface area contributed by atoms with Gasteiger partial charge >= 0.3 is 17.1 Å². The molecule has 0 rings (SSSR count). The summed E-state index contributed by atoms with van der Waals surface area (Å²) in [5.74, 6) is 0. The number of hydrogen-bond acceptors (Lipinski definition) is 6. The lowest BCUT2D eigenvalue weighted by molar-refractivity contribution is 0.00624. The topological polar surface area (TPSA) is 77.4 Å². The van der Waals surface area contributed by atoms with Crippen LogP contribution in [-0.4, -0.2) is 69.9 Å². The van der Waals surface area contributed by atoms with Gasteiger partial charge in [-0.15, -0.1) is 0 Å². The molecule has 2 unspecified atom stereocenters. The van der Waals surface area contributed by atoms with Crippen LogP contribution in [-0.2, 0) is 17.1 Å². The second kappa shape index (κ2) is 10.2. The van der Waals surface area contributed by atoms with Crippen molar-refractivity contribution in [3.8, 4) is 0 Å². The summed E-state index contributed by atoms with van der Waals surface area (Å²) >= 11 is 0. The zero-order valence-electron chi connectivity index (χ0n) is 17.6. The zero-order chi connectivity index (χ0) is 19.9. The minimum Gasteiger partial charge on any atom is -0.437 e. The van der Waals surface area contributed by atoms with Gasteiger partial charge in [0.1, 0.15) is 6.10 Å². The van der Waals surface area contributed by atoms with Gasteiger partial charge < -0.3 is 27.3 Å². The molecule has 0 saturated heterocycles. The molecule has 0 aromatic carbocycles. The highest BCUT2D eigenvalue weighted by Crippen LogP contribution is 2.27. The smallest absolute Gasteiger partial charge is 0.315 e. The average molecular weight is 429 g/mol. The van der Waals surface area contributed by atoms with Gasteiger partial charge in [-0.05, 0) is 71.4 Å². The Morgan fingerprint density at radius 3 is 1.76 bits per heavy atom. The molecule has 2 N–H and O–H groups in total. The highest BCUT2D eigenvalue weighted by molar-refractivity contribution is 6.89. The fraction of sp³-hybridized carbons (Fsp3) is 1.00. The van der Waals surface area contributed by atoms with Gasteiger partial charge in [0.2, 0.25) is 0 Å². The summed E-state index contributed by atoms with van der Waals surface area (Å²) in [7, 11) is -8.05. The van der Waals surface area contributed by atoms with E-state index in [2.05, 4.69) is 58.9 Å². The maximum atomic E-state index is 9.31. The molecule has 0 fully saturated rings. The molecule has 0 aromatic rings. The minimum atomic E-state index is -2.38. The fourth-order valence-electron chi connectivity index (χ4n) is 2.82. The van der Waals surface area contributed by atoms with Gasteiger partial charge in [-0.3, -0.25) is 0 Å². The molecule has 0 aliphatic rings. The van der Waals surface area contributed by atoms with Crippen LogP contribution in [0, 0.1) is 0 Å². The molecule has 0 aliphatic carbocycles. The fourth-order valence-corrected chi connectivity index (χ4v) is 20.7. The highest BCUT2D eigenvalue weighted by Gasteiger charge is 2.44. The lowest BCUT2D eigenvalue weighted by Crippen LogP contribution is -2.56. The molecule has 152 valence electrons. The van der Waals surface area contributed by atoms with Crippen LogP contribution in [0.15, 0.2) is 0 Å². The summed E-state index contributed by atoms with van der Waals surface area (Å²) in [5.41, 5.74) is 0. The third kappa shape index (κ3) is 14.4. The second-order valence-electron chi connectivity index (χ2n) is 9.08. The average Bonchev–Trinajstić information content (AvgIpc) is 2.31. The van der Waals surface area contributed by atoms with Crippen LogP contribution >= 0.6 is 0 Å². The number of ether oxygens (including phenoxy) is 1. The van der Waals surface area contributed by atoms with Crippen LogP contribution in [0.1, 0.15) is 6.42 Å². The normalized spacial score (nSPS) is 17.4. The van der Waals surface area contributed by atoms with E-state index in [4.69, 9.17) is 22.2 Å². The first kappa shape index (κ1) is 25.6. The maximum absolute atomic E-state index is 9.31. The number of aliphatic hydroxyl groups is 2. The quantitative estimate of drug-likeness (QED) is 0.346. The van der Waals surface area contributed by atoms with Gasteiger partial charge in [0.05, 0.1) is 13.2 Å². The molecule has 0 bridgehead atoms. The van der Waals surface area contributed by atoms with Crippen molar-refractivity contribution < 1.29 is 27.3 Å². The predicted molar refractivity (Wildman–Crippen MR) is 112 cm³/mol. The van der Waals surface area contributed by atoms with Crippen molar-refractivity contribution in [3.05, 3.63) is 0 Å². The molecule has 2 atom stereocenters. The van der Waals surface area contributed by atoms with Crippen molar-refractivity contribution in [2.75, 3.05) is 19.8 Å². The van der Waals surface area contributed by atoms with Crippen LogP contribution < -0.4 is 0 Å². The van der Waals surface area contributed by atoms with E-state index < -0.39 is 39.9 Å². The van der Waals surface area contributed by atoms with Gasteiger partial charge in [-0.25, -0.2) is 0 Å². The molecule has 0 radical (unpaired) electrons. The van der Waals surface area contributed by atoms with E-state index in [1.54, 1.807) is 0 Å². The standard InChI is InChI=1S/C15H40O6Si4/c1-22(2,3)19-24(7,8)21-25(9,20-23(4,5)6)12-10-11-18-14-15(17)13-16/h15-17H,10-14H2,1-9H3. The molecule has 10 heteroatoms. The molecule has 0 saturated carbocycles. The van der Waals surface area contributed by atoms with Gasteiger partial charge in [-0.1, -0.05) is 0 Å². The Balaban J connectivity index is 4.78. The van der Waals surface area contributed by atoms with Crippen molar-refractivity contribution in [3.63, 3.8) is 0 Å². The first-order valence-corrected chi connectivity index (χ1v) is 21.2. The van der Waals surface area contributed by atoms with Crippen molar-refractivity contribution in [2.24, 2.45) is 0 Å². The first-order valence-electron chi connectivity index (χ1n) is 9.05. The molecule has 0 aromatic heterocycles. The summed E-state index contributed by atoms with van der Waals surface area (Å²) in [4.78, 5) is 0. The van der Waals surface area contributed by atoms with E-state index in [0.717, 1.165) is 12.5 Å². The third-order valence-corrected chi connectivity index (χ3v) is 16.5. The van der Waals surface area contributed by atoms with E-state index >= 15 is 0 Å². The molecule has 25 heavy (non-hydrogen) atoms. The van der Waals surface area contributed by atoms with Gasteiger partial charge in [0.15, 0.2) is 16.6 Å². The van der Waals surface area contributed by atoms with Crippen molar-refractivity contribution >= 4 is 33.8 Å². The van der Waals surface area contributed by atoms with Crippen LogP contribution in [0.4, 0.5) is 0 Å². The SMILES string of the molecule is C[Si](C)(C)O[Si](C)(C)O[Si](C)(CCCOCC(O)CO)O[Si](C)(C)C. The lowest BCUT2D eigenvalue weighted by atomic mass is 10.4. The van der Waals surface area contributed by atoms with Crippen molar-refractivity contribution in [1.29, 1.82) is 0 Å². The van der Waals surface area contributed by atoms with Crippen LogP contribution in [0.2, 0.25) is 65.0 Å². The van der Waals surface area contributed by atoms with Crippen LogP contribution in [0.3, 0.4) is 0 Å². The van der Waals surface area contributed by atoms with Crippen molar-refractivity contribution in [1.82, 2.24) is 0 Å². The maximum Gasteiger partial charge on any atom is 0.315 e. The third-order valence-electron chi connectivity index (χ3n) is 2.98. The lowest BCUT2D eigenvalue weighted by Gasteiger charge is -2.41. The monoisotopic (exact) mass is 428 g/mol. The first-order chi connectivity index (χ1) is 11.1. The summed E-state index contributed by atoms with van der Waals surface area (Å²) in [6, 6.07) is 0.831. The summed E-state index contributed by atoms with van der Waals surface area (Å²) in [6.45, 7) is 19.9. The van der Waals surface area contributed by atoms with Gasteiger partial charge in [0, 0.05) is 6.61 Å². The van der Waals surface area contributed by atoms with E-state index in [-0.39, 0.29) is 13.2 Å². The predicted octanol–water partition coefficient (Wildman–Crippen LogP) is 3.24. The Bertz CT molecular complexity index is 383. The Kier molecular flexibility index (Phi) is 10.5. The van der Waals surface area contributed by atoms with Crippen molar-refractivity contribution in [2.45, 2.75) is 77.5 Å². The molecular weight excluding hydrogens is 389 g/mol. The Hall–Kier alpha value is 0.628. The minimum absolute atomic E-state index is 0.156. The molecule has 0 spiro atoms. The Morgan fingerprint density at radius 1 is 0.800 bits per heavy atom. The van der Waals surface area contributed by atoms with E-state index in [0.29, 0.717) is 6.61 Å². The van der Waals surface area contributed by atoms with Crippen LogP contribution in [0.5, 0.6) is 0 Å². The van der Waals surface area contributed by atoms with E-state index in [1.165, 1.54) is 0 Å².